The maximum Gasteiger partial charge on any atom is 0.280 e. The summed E-state index contributed by atoms with van der Waals surface area (Å²) in [6.07, 6.45) is 0.617. The number of anilines is 1. The van der Waals surface area contributed by atoms with Crippen molar-refractivity contribution < 1.29 is 18.4 Å². The van der Waals surface area contributed by atoms with Gasteiger partial charge in [-0.2, -0.15) is 5.10 Å². The van der Waals surface area contributed by atoms with Crippen LogP contribution in [0.5, 0.6) is 0 Å². The Bertz CT molecular complexity index is 1960. The van der Waals surface area contributed by atoms with Gasteiger partial charge in [-0.1, -0.05) is 18.2 Å². The van der Waals surface area contributed by atoms with Gasteiger partial charge in [0.15, 0.2) is 0 Å². The van der Waals surface area contributed by atoms with Crippen molar-refractivity contribution in [2.45, 2.75) is 13.3 Å². The van der Waals surface area contributed by atoms with Gasteiger partial charge in [-0.05, 0) is 37.3 Å². The molecule has 0 saturated heterocycles. The Morgan fingerprint density at radius 3 is 2.55 bits per heavy atom. The van der Waals surface area contributed by atoms with Crippen molar-refractivity contribution in [2.24, 2.45) is 12.8 Å². The molecule has 0 saturated carbocycles. The summed E-state index contributed by atoms with van der Waals surface area (Å²) in [7, 11) is 1.78. The van der Waals surface area contributed by atoms with Crippen LogP contribution in [0.3, 0.4) is 0 Å². The second-order valence-electron chi connectivity index (χ2n) is 9.09. The van der Waals surface area contributed by atoms with Crippen molar-refractivity contribution in [3.8, 4) is 21.7 Å². The van der Waals surface area contributed by atoms with Gasteiger partial charge in [0.25, 0.3) is 18.2 Å². The third-order valence-corrected chi connectivity index (χ3v) is 8.47. The molecule has 0 aliphatic carbocycles. The zero-order valence-electron chi connectivity index (χ0n) is 21.1. The van der Waals surface area contributed by atoms with Crippen LogP contribution in [0.15, 0.2) is 60.9 Å². The second kappa shape index (κ2) is 9.88. The number of aromatic nitrogens is 4. The van der Waals surface area contributed by atoms with Gasteiger partial charge in [0.1, 0.15) is 15.4 Å². The molecule has 0 atom stereocenters. The average Bonchev–Trinajstić information content (AvgIpc) is 3.66. The van der Waals surface area contributed by atoms with E-state index >= 15 is 0 Å². The number of carbonyl (C=O) groups excluding carboxylic acids is 2. The minimum atomic E-state index is -2.82. The van der Waals surface area contributed by atoms with Crippen molar-refractivity contribution in [2.75, 3.05) is 5.32 Å². The average molecular weight is 575 g/mol. The van der Waals surface area contributed by atoms with Gasteiger partial charge in [-0.15, -0.1) is 22.7 Å². The van der Waals surface area contributed by atoms with E-state index < -0.39 is 23.9 Å². The molecule has 5 heterocycles. The first kappa shape index (κ1) is 25.7. The van der Waals surface area contributed by atoms with Crippen molar-refractivity contribution in [3.63, 3.8) is 0 Å². The van der Waals surface area contributed by atoms with Gasteiger partial charge < -0.3 is 11.1 Å². The number of hydrogen-bond acceptors (Lipinski definition) is 7. The van der Waals surface area contributed by atoms with E-state index in [9.17, 15) is 18.4 Å². The molecule has 0 bridgehead atoms. The molecule has 2 amide bonds. The number of amides is 2. The summed E-state index contributed by atoms with van der Waals surface area (Å²) in [6, 6.07) is 13.8. The van der Waals surface area contributed by atoms with Crippen LogP contribution in [-0.2, 0) is 7.05 Å². The van der Waals surface area contributed by atoms with Crippen molar-refractivity contribution in [3.05, 3.63) is 81.9 Å². The lowest BCUT2D eigenvalue weighted by molar-refractivity contribution is 0.100. The lowest BCUT2D eigenvalue weighted by Gasteiger charge is -2.12. The quantitative estimate of drug-likeness (QED) is 0.233. The third kappa shape index (κ3) is 4.50. The molecule has 0 unspecified atom stereocenters. The Hall–Kier alpha value is -4.55. The van der Waals surface area contributed by atoms with Gasteiger partial charge >= 0.3 is 0 Å². The highest BCUT2D eigenvalue weighted by atomic mass is 32.1. The standard InChI is InChI=1S/C28H20F2N6O2S2/c1-13-7-8-21(39-13)17-10-20(25(29)30)34-28-22(17)23(24(40-28)26(31)37)35-27(38)16-9-19(14-11-32-36(2)12-14)33-18-6-4-3-5-15(16)18/h3-12,25H,1-2H3,(H2,31,37)(H,35,38). The number of primary amides is 1. The summed E-state index contributed by atoms with van der Waals surface area (Å²) < 4.78 is 29.2. The van der Waals surface area contributed by atoms with Crippen LogP contribution in [0.4, 0.5) is 14.5 Å². The van der Waals surface area contributed by atoms with Gasteiger partial charge in [-0.25, -0.2) is 18.7 Å². The van der Waals surface area contributed by atoms with Crippen LogP contribution < -0.4 is 11.1 Å². The number of rotatable bonds is 6. The summed E-state index contributed by atoms with van der Waals surface area (Å²) >= 11 is 2.28. The molecule has 5 aromatic heterocycles. The number of nitrogens with one attached hydrogen (secondary N) is 1. The third-order valence-electron chi connectivity index (χ3n) is 6.34. The summed E-state index contributed by atoms with van der Waals surface area (Å²) in [5.41, 5.74) is 8.02. The zero-order chi connectivity index (χ0) is 28.1. The van der Waals surface area contributed by atoms with Gasteiger partial charge in [0, 0.05) is 44.9 Å². The molecule has 0 fully saturated rings. The van der Waals surface area contributed by atoms with Crippen LogP contribution in [-0.4, -0.2) is 31.6 Å². The topological polar surface area (TPSA) is 116 Å². The van der Waals surface area contributed by atoms with Crippen molar-refractivity contribution in [1.29, 1.82) is 0 Å². The summed E-state index contributed by atoms with van der Waals surface area (Å²) in [6.45, 7) is 1.90. The predicted octanol–water partition coefficient (Wildman–Crippen LogP) is 6.57. The number of carbonyl (C=O) groups is 2. The fraction of sp³-hybridized carbons (Fsp3) is 0.107. The fourth-order valence-electron chi connectivity index (χ4n) is 4.54. The second-order valence-corrected chi connectivity index (χ2v) is 11.4. The number of pyridine rings is 2. The SMILES string of the molecule is Cc1ccc(-c2cc(C(F)F)nc3sc(C(N)=O)c(NC(=O)c4cc(-c5cnn(C)c5)nc5ccccc45)c23)s1. The van der Waals surface area contributed by atoms with E-state index in [2.05, 4.69) is 15.4 Å². The number of benzene rings is 1. The molecule has 0 radical (unpaired) electrons. The molecule has 6 aromatic rings. The minimum Gasteiger partial charge on any atom is -0.365 e. The highest BCUT2D eigenvalue weighted by Gasteiger charge is 2.26. The molecular weight excluding hydrogens is 554 g/mol. The van der Waals surface area contributed by atoms with Gasteiger partial charge in [0.05, 0.1) is 28.7 Å². The number of nitrogens with two attached hydrogens (primary N) is 1. The monoisotopic (exact) mass is 574 g/mol. The first-order valence-corrected chi connectivity index (χ1v) is 13.6. The van der Waals surface area contributed by atoms with Crippen LogP contribution in [0, 0.1) is 6.92 Å². The molecule has 200 valence electrons. The molecule has 0 aliphatic rings. The Balaban J connectivity index is 1.55. The van der Waals surface area contributed by atoms with E-state index in [-0.39, 0.29) is 15.4 Å². The maximum absolute atomic E-state index is 13.9. The van der Waals surface area contributed by atoms with Gasteiger partial charge in [0.2, 0.25) is 0 Å². The molecule has 8 nitrogen and oxygen atoms in total. The number of para-hydroxylation sites is 1. The lowest BCUT2D eigenvalue weighted by Crippen LogP contribution is -2.17. The Labute approximate surface area is 234 Å². The molecule has 3 N–H and O–H groups in total. The van der Waals surface area contributed by atoms with Crippen molar-refractivity contribution >= 4 is 61.3 Å². The van der Waals surface area contributed by atoms with Crippen LogP contribution >= 0.6 is 22.7 Å². The molecule has 40 heavy (non-hydrogen) atoms. The van der Waals surface area contributed by atoms with Gasteiger partial charge in [-0.3, -0.25) is 14.3 Å². The number of nitrogens with zero attached hydrogens (tertiary/aromatic N) is 4. The molecule has 1 aromatic carbocycles. The number of hydrogen-bond donors (Lipinski definition) is 2. The normalized spacial score (nSPS) is 11.5. The largest absolute Gasteiger partial charge is 0.365 e. The summed E-state index contributed by atoms with van der Waals surface area (Å²) in [5.74, 6) is -1.32. The summed E-state index contributed by atoms with van der Waals surface area (Å²) in [5, 5.41) is 8.05. The lowest BCUT2D eigenvalue weighted by atomic mass is 10.0. The van der Waals surface area contributed by atoms with E-state index in [4.69, 9.17) is 10.7 Å². The maximum atomic E-state index is 13.9. The van der Waals surface area contributed by atoms with Crippen LogP contribution in [0.1, 0.15) is 37.0 Å². The number of halogens is 2. The molecule has 12 heteroatoms. The fourth-order valence-corrected chi connectivity index (χ4v) is 6.45. The number of alkyl halides is 2. The van der Waals surface area contributed by atoms with E-state index in [1.165, 1.54) is 17.4 Å². The Kier molecular flexibility index (Phi) is 6.35. The molecule has 6 rings (SSSR count). The van der Waals surface area contributed by atoms with E-state index in [0.717, 1.165) is 21.8 Å². The first-order chi connectivity index (χ1) is 19.2. The zero-order valence-corrected chi connectivity index (χ0v) is 22.7. The Morgan fingerprint density at radius 2 is 1.88 bits per heavy atom. The highest BCUT2D eigenvalue weighted by molar-refractivity contribution is 7.21. The molecule has 0 aliphatic heterocycles. The van der Waals surface area contributed by atoms with Crippen LogP contribution in [0.2, 0.25) is 0 Å². The molecule has 0 spiro atoms. The van der Waals surface area contributed by atoms with E-state index in [1.54, 1.807) is 48.4 Å². The summed E-state index contributed by atoms with van der Waals surface area (Å²) in [4.78, 5) is 37.1. The molecular formula is C28H20F2N6O2S2. The smallest absolute Gasteiger partial charge is 0.280 e. The van der Waals surface area contributed by atoms with Crippen LogP contribution in [0.25, 0.3) is 42.8 Å². The van der Waals surface area contributed by atoms with Crippen molar-refractivity contribution in [1.82, 2.24) is 19.7 Å². The Morgan fingerprint density at radius 1 is 1.07 bits per heavy atom. The minimum absolute atomic E-state index is 0.0163. The number of thiophene rings is 2. The highest BCUT2D eigenvalue weighted by Crippen LogP contribution is 2.44. The first-order valence-electron chi connectivity index (χ1n) is 12.0. The van der Waals surface area contributed by atoms with E-state index in [0.29, 0.717) is 38.0 Å². The number of aryl methyl sites for hydroxylation is 2. The number of fused-ring (bicyclic) bond motifs is 2. The van der Waals surface area contributed by atoms with E-state index in [1.807, 2.05) is 25.1 Å². The predicted molar refractivity (Wildman–Crippen MR) is 153 cm³/mol.